The number of ketones is 1. The maximum Gasteiger partial charge on any atom is 0.163 e. The number of nitrogens with zero attached hydrogens (tertiary/aromatic N) is 2. The fourth-order valence-electron chi connectivity index (χ4n) is 2.16. The number of hydrogen-bond donors (Lipinski definition) is 1. The number of rotatable bonds is 5. The molecule has 2 aromatic carbocycles. The van der Waals surface area contributed by atoms with E-state index in [4.69, 9.17) is 5.26 Å². The molecule has 0 aromatic heterocycles. The van der Waals surface area contributed by atoms with Gasteiger partial charge in [-0.1, -0.05) is 18.2 Å². The summed E-state index contributed by atoms with van der Waals surface area (Å²) in [5.41, 5.74) is 1.98. The Morgan fingerprint density at radius 3 is 2.48 bits per heavy atom. The van der Waals surface area contributed by atoms with Crippen LogP contribution in [-0.2, 0) is 0 Å². The van der Waals surface area contributed by atoms with Crippen LogP contribution in [0.2, 0.25) is 0 Å². The Morgan fingerprint density at radius 1 is 1.19 bits per heavy atom. The van der Waals surface area contributed by atoms with E-state index in [1.165, 1.54) is 6.92 Å². The van der Waals surface area contributed by atoms with Gasteiger partial charge in [0, 0.05) is 24.0 Å². The quantitative estimate of drug-likeness (QED) is 0.849. The van der Waals surface area contributed by atoms with E-state index >= 15 is 0 Å². The van der Waals surface area contributed by atoms with Gasteiger partial charge in [0.15, 0.2) is 5.78 Å². The topological polar surface area (TPSA) is 64.3 Å². The molecule has 1 N–H and O–H groups in total. The zero-order chi connectivity index (χ0) is 15.2. The van der Waals surface area contributed by atoms with Crippen LogP contribution in [0, 0.1) is 11.3 Å². The minimum absolute atomic E-state index is 0.0436. The number of carbonyl (C=O) groups excluding carboxylic acids is 1. The van der Waals surface area contributed by atoms with Gasteiger partial charge in [0.05, 0.1) is 18.1 Å². The van der Waals surface area contributed by atoms with Crippen LogP contribution in [0.15, 0.2) is 48.5 Å². The molecule has 21 heavy (non-hydrogen) atoms. The molecule has 0 fully saturated rings. The van der Waals surface area contributed by atoms with Crippen molar-refractivity contribution in [2.24, 2.45) is 0 Å². The molecule has 0 aliphatic heterocycles. The van der Waals surface area contributed by atoms with Crippen molar-refractivity contribution in [2.75, 3.05) is 11.4 Å². The number of nitriles is 1. The lowest BCUT2D eigenvalue weighted by Crippen LogP contribution is -2.18. The van der Waals surface area contributed by atoms with E-state index in [-0.39, 0.29) is 11.5 Å². The van der Waals surface area contributed by atoms with Gasteiger partial charge in [0.1, 0.15) is 5.75 Å². The Bertz CT molecular complexity index is 675. The molecule has 0 bridgehead atoms. The summed E-state index contributed by atoms with van der Waals surface area (Å²) in [6, 6.07) is 16.7. The zero-order valence-corrected chi connectivity index (χ0v) is 11.8. The van der Waals surface area contributed by atoms with Crippen molar-refractivity contribution in [3.05, 3.63) is 54.1 Å². The lowest BCUT2D eigenvalue weighted by Gasteiger charge is -2.24. The molecular weight excluding hydrogens is 264 g/mol. The second-order valence-corrected chi connectivity index (χ2v) is 4.65. The van der Waals surface area contributed by atoms with Crippen LogP contribution < -0.4 is 4.90 Å². The summed E-state index contributed by atoms with van der Waals surface area (Å²) < 4.78 is 0. The molecule has 0 spiro atoms. The fourth-order valence-corrected chi connectivity index (χ4v) is 2.16. The highest BCUT2D eigenvalue weighted by molar-refractivity contribution is 5.97. The average Bonchev–Trinajstić information content (AvgIpc) is 2.48. The Hall–Kier alpha value is -2.80. The number of aromatic hydroxyl groups is 1. The molecule has 0 unspecified atom stereocenters. The van der Waals surface area contributed by atoms with Crippen molar-refractivity contribution in [1.29, 1.82) is 5.26 Å². The molecule has 0 saturated heterocycles. The smallest absolute Gasteiger partial charge is 0.163 e. The number of hydrogen-bond acceptors (Lipinski definition) is 4. The first kappa shape index (κ1) is 14.6. The van der Waals surface area contributed by atoms with Gasteiger partial charge in [-0.25, -0.2) is 0 Å². The molecular formula is C17H16N2O2. The van der Waals surface area contributed by atoms with Gasteiger partial charge in [0.2, 0.25) is 0 Å². The Kier molecular flexibility index (Phi) is 4.57. The zero-order valence-electron chi connectivity index (χ0n) is 11.8. The standard InChI is InChI=1S/C17H16N2O2/c1-13(20)16-9-8-15(12-17(16)21)19(11-5-10-18)14-6-3-2-4-7-14/h2-4,6-9,12,21H,5,11H2,1H3. The van der Waals surface area contributed by atoms with Crippen LogP contribution in [0.25, 0.3) is 0 Å². The molecule has 106 valence electrons. The molecule has 4 heteroatoms. The van der Waals surface area contributed by atoms with E-state index < -0.39 is 0 Å². The van der Waals surface area contributed by atoms with Gasteiger partial charge in [-0.2, -0.15) is 5.26 Å². The maximum absolute atomic E-state index is 11.4. The van der Waals surface area contributed by atoms with E-state index in [1.807, 2.05) is 35.2 Å². The van der Waals surface area contributed by atoms with Gasteiger partial charge < -0.3 is 10.0 Å². The van der Waals surface area contributed by atoms with Gasteiger partial charge >= 0.3 is 0 Å². The summed E-state index contributed by atoms with van der Waals surface area (Å²) in [5, 5.41) is 18.8. The molecule has 2 aromatic rings. The molecule has 2 rings (SSSR count). The van der Waals surface area contributed by atoms with Crippen molar-refractivity contribution in [3.63, 3.8) is 0 Å². The number of Topliss-reactive ketones (excluding diaryl/α,β-unsaturated/α-hetero) is 1. The highest BCUT2D eigenvalue weighted by atomic mass is 16.3. The third-order valence-electron chi connectivity index (χ3n) is 3.19. The van der Waals surface area contributed by atoms with E-state index in [9.17, 15) is 9.90 Å². The van der Waals surface area contributed by atoms with Gasteiger partial charge in [-0.15, -0.1) is 0 Å². The first-order valence-electron chi connectivity index (χ1n) is 6.67. The van der Waals surface area contributed by atoms with E-state index in [0.717, 1.165) is 11.4 Å². The van der Waals surface area contributed by atoms with Crippen LogP contribution in [0.1, 0.15) is 23.7 Å². The highest BCUT2D eigenvalue weighted by Gasteiger charge is 2.13. The molecule has 0 atom stereocenters. The molecule has 0 heterocycles. The summed E-state index contributed by atoms with van der Waals surface area (Å²) in [5.74, 6) is -0.222. The SMILES string of the molecule is CC(=O)c1ccc(N(CCC#N)c2ccccc2)cc1O. The lowest BCUT2D eigenvalue weighted by atomic mass is 10.1. The molecule has 0 aliphatic rings. The number of phenolic OH excluding ortho intramolecular Hbond substituents is 1. The summed E-state index contributed by atoms with van der Waals surface area (Å²) in [6.07, 6.45) is 0.365. The van der Waals surface area contributed by atoms with Crippen molar-refractivity contribution in [2.45, 2.75) is 13.3 Å². The predicted molar refractivity (Wildman–Crippen MR) is 81.8 cm³/mol. The fraction of sp³-hybridized carbons (Fsp3) is 0.176. The second-order valence-electron chi connectivity index (χ2n) is 4.65. The van der Waals surface area contributed by atoms with Crippen LogP contribution in [-0.4, -0.2) is 17.4 Å². The largest absolute Gasteiger partial charge is 0.507 e. The number of anilines is 2. The molecule has 4 nitrogen and oxygen atoms in total. The molecule has 0 saturated carbocycles. The first-order valence-corrected chi connectivity index (χ1v) is 6.67. The first-order chi connectivity index (χ1) is 10.1. The highest BCUT2D eigenvalue weighted by Crippen LogP contribution is 2.30. The molecule has 0 amide bonds. The number of phenols is 1. The predicted octanol–water partition coefficient (Wildman–Crippen LogP) is 3.65. The normalized spacial score (nSPS) is 9.90. The van der Waals surface area contributed by atoms with Crippen molar-refractivity contribution < 1.29 is 9.90 Å². The third-order valence-corrected chi connectivity index (χ3v) is 3.19. The monoisotopic (exact) mass is 280 g/mol. The number of benzene rings is 2. The number of carbonyl (C=O) groups is 1. The summed E-state index contributed by atoms with van der Waals surface area (Å²) in [6.45, 7) is 1.93. The summed E-state index contributed by atoms with van der Waals surface area (Å²) in [7, 11) is 0. The van der Waals surface area contributed by atoms with Crippen LogP contribution in [0.4, 0.5) is 11.4 Å². The third kappa shape index (κ3) is 3.40. The second kappa shape index (κ2) is 6.58. The van der Waals surface area contributed by atoms with Crippen LogP contribution in [0.5, 0.6) is 5.75 Å². The summed E-state index contributed by atoms with van der Waals surface area (Å²) in [4.78, 5) is 13.3. The van der Waals surface area contributed by atoms with Crippen molar-refractivity contribution >= 4 is 17.2 Å². The van der Waals surface area contributed by atoms with Gasteiger partial charge in [-0.3, -0.25) is 4.79 Å². The van der Waals surface area contributed by atoms with Crippen molar-refractivity contribution in [3.8, 4) is 11.8 Å². The van der Waals surface area contributed by atoms with E-state index in [0.29, 0.717) is 18.5 Å². The molecule has 0 radical (unpaired) electrons. The van der Waals surface area contributed by atoms with Crippen LogP contribution in [0.3, 0.4) is 0 Å². The van der Waals surface area contributed by atoms with E-state index in [1.54, 1.807) is 18.2 Å². The van der Waals surface area contributed by atoms with Crippen molar-refractivity contribution in [1.82, 2.24) is 0 Å². The van der Waals surface area contributed by atoms with Crippen LogP contribution >= 0.6 is 0 Å². The summed E-state index contributed by atoms with van der Waals surface area (Å²) >= 11 is 0. The maximum atomic E-state index is 11.4. The molecule has 0 aliphatic carbocycles. The Labute approximate surface area is 123 Å². The average molecular weight is 280 g/mol. The minimum atomic E-state index is -0.178. The number of para-hydroxylation sites is 1. The lowest BCUT2D eigenvalue weighted by molar-refractivity contribution is 0.101. The van der Waals surface area contributed by atoms with Gasteiger partial charge in [0.25, 0.3) is 0 Å². The van der Waals surface area contributed by atoms with E-state index in [2.05, 4.69) is 6.07 Å². The Morgan fingerprint density at radius 2 is 1.90 bits per heavy atom. The minimum Gasteiger partial charge on any atom is -0.507 e. The Balaban J connectivity index is 2.40. The van der Waals surface area contributed by atoms with Gasteiger partial charge in [-0.05, 0) is 31.2 Å².